The fraction of sp³-hybridized carbons (Fsp3) is 0.867. The van der Waals surface area contributed by atoms with Crippen LogP contribution in [0.4, 0.5) is 0 Å². The Balaban J connectivity index is 2.06. The fourth-order valence-electron chi connectivity index (χ4n) is 1.97. The SMILES string of the molecule is CCCCCCc1cn(CCCOCCCC)nn1. The lowest BCUT2D eigenvalue weighted by molar-refractivity contribution is 0.125. The Morgan fingerprint density at radius 1 is 1.00 bits per heavy atom. The van der Waals surface area contributed by atoms with Crippen molar-refractivity contribution < 1.29 is 4.74 Å². The van der Waals surface area contributed by atoms with Gasteiger partial charge in [-0.3, -0.25) is 4.68 Å². The van der Waals surface area contributed by atoms with Gasteiger partial charge in [0.1, 0.15) is 0 Å². The molecule has 0 saturated carbocycles. The number of unbranched alkanes of at least 4 members (excludes halogenated alkanes) is 4. The van der Waals surface area contributed by atoms with Crippen LogP contribution in [0.1, 0.15) is 64.5 Å². The Morgan fingerprint density at radius 2 is 1.79 bits per heavy atom. The van der Waals surface area contributed by atoms with Crippen molar-refractivity contribution in [1.82, 2.24) is 15.0 Å². The van der Waals surface area contributed by atoms with Crippen LogP contribution >= 0.6 is 0 Å². The zero-order chi connectivity index (χ0) is 13.8. The molecule has 4 nitrogen and oxygen atoms in total. The standard InChI is InChI=1S/C15H29N3O/c1-3-5-7-8-10-15-14-18(17-16-15)11-9-13-19-12-6-4-2/h14H,3-13H2,1-2H3. The topological polar surface area (TPSA) is 39.9 Å². The Bertz CT molecular complexity index is 312. The molecule has 0 N–H and O–H groups in total. The minimum Gasteiger partial charge on any atom is -0.381 e. The summed E-state index contributed by atoms with van der Waals surface area (Å²) in [5, 5.41) is 8.37. The number of hydrogen-bond donors (Lipinski definition) is 0. The molecule has 0 aliphatic heterocycles. The Hall–Kier alpha value is -0.900. The average molecular weight is 267 g/mol. The summed E-state index contributed by atoms with van der Waals surface area (Å²) >= 11 is 0. The summed E-state index contributed by atoms with van der Waals surface area (Å²) in [6.07, 6.45) is 11.7. The number of rotatable bonds is 12. The quantitative estimate of drug-likeness (QED) is 0.543. The molecule has 0 unspecified atom stereocenters. The van der Waals surface area contributed by atoms with Gasteiger partial charge in [0, 0.05) is 26.0 Å². The average Bonchev–Trinajstić information content (AvgIpc) is 2.87. The van der Waals surface area contributed by atoms with Crippen molar-refractivity contribution in [3.8, 4) is 0 Å². The third-order valence-electron chi connectivity index (χ3n) is 3.19. The van der Waals surface area contributed by atoms with E-state index in [0.29, 0.717) is 0 Å². The molecule has 0 fully saturated rings. The zero-order valence-corrected chi connectivity index (χ0v) is 12.6. The Morgan fingerprint density at radius 3 is 2.58 bits per heavy atom. The minimum atomic E-state index is 0.825. The molecule has 0 bridgehead atoms. The molecule has 0 aliphatic carbocycles. The first kappa shape index (κ1) is 16.2. The lowest BCUT2D eigenvalue weighted by atomic mass is 10.1. The van der Waals surface area contributed by atoms with Gasteiger partial charge in [-0.25, -0.2) is 0 Å². The van der Waals surface area contributed by atoms with Gasteiger partial charge in [-0.2, -0.15) is 0 Å². The maximum Gasteiger partial charge on any atom is 0.0827 e. The van der Waals surface area contributed by atoms with E-state index in [1.807, 2.05) is 4.68 Å². The van der Waals surface area contributed by atoms with Gasteiger partial charge in [0.15, 0.2) is 0 Å². The molecule has 0 amide bonds. The van der Waals surface area contributed by atoms with Crippen molar-refractivity contribution in [2.75, 3.05) is 13.2 Å². The molecule has 1 rings (SSSR count). The van der Waals surface area contributed by atoms with Gasteiger partial charge < -0.3 is 4.74 Å². The first-order chi connectivity index (χ1) is 9.36. The number of aryl methyl sites for hydroxylation is 2. The van der Waals surface area contributed by atoms with Gasteiger partial charge >= 0.3 is 0 Å². The molecule has 0 atom stereocenters. The van der Waals surface area contributed by atoms with Crippen LogP contribution in [0.2, 0.25) is 0 Å². The maximum atomic E-state index is 5.53. The first-order valence-electron chi connectivity index (χ1n) is 7.83. The molecule has 1 heterocycles. The predicted molar refractivity (Wildman–Crippen MR) is 78.2 cm³/mol. The summed E-state index contributed by atoms with van der Waals surface area (Å²) < 4.78 is 7.48. The second-order valence-corrected chi connectivity index (χ2v) is 5.10. The Kier molecular flexibility index (Phi) is 9.33. The van der Waals surface area contributed by atoms with Crippen molar-refractivity contribution >= 4 is 0 Å². The van der Waals surface area contributed by atoms with E-state index in [1.165, 1.54) is 32.1 Å². The highest BCUT2D eigenvalue weighted by molar-refractivity contribution is 4.92. The van der Waals surface area contributed by atoms with E-state index in [1.54, 1.807) is 0 Å². The summed E-state index contributed by atoms with van der Waals surface area (Å²) in [6.45, 7) is 7.04. The van der Waals surface area contributed by atoms with Crippen LogP contribution in [0.3, 0.4) is 0 Å². The minimum absolute atomic E-state index is 0.825. The molecule has 0 aliphatic rings. The number of ether oxygens (including phenoxy) is 1. The lowest BCUT2D eigenvalue weighted by Gasteiger charge is -2.02. The van der Waals surface area contributed by atoms with Crippen LogP contribution in [0.15, 0.2) is 6.20 Å². The van der Waals surface area contributed by atoms with Crippen LogP contribution in [0.25, 0.3) is 0 Å². The van der Waals surface area contributed by atoms with E-state index in [4.69, 9.17) is 4.74 Å². The molecule has 0 aromatic carbocycles. The molecular weight excluding hydrogens is 238 g/mol. The van der Waals surface area contributed by atoms with Crippen LogP contribution in [-0.2, 0) is 17.7 Å². The maximum absolute atomic E-state index is 5.53. The van der Waals surface area contributed by atoms with Crippen molar-refractivity contribution in [3.63, 3.8) is 0 Å². The molecule has 0 radical (unpaired) electrons. The van der Waals surface area contributed by atoms with E-state index < -0.39 is 0 Å². The third-order valence-corrected chi connectivity index (χ3v) is 3.19. The first-order valence-corrected chi connectivity index (χ1v) is 7.83. The van der Waals surface area contributed by atoms with E-state index in [9.17, 15) is 0 Å². The second kappa shape index (κ2) is 11.0. The van der Waals surface area contributed by atoms with Crippen molar-refractivity contribution in [2.45, 2.75) is 71.8 Å². The van der Waals surface area contributed by atoms with Crippen LogP contribution in [-0.4, -0.2) is 28.2 Å². The zero-order valence-electron chi connectivity index (χ0n) is 12.6. The molecule has 0 saturated heterocycles. The van der Waals surface area contributed by atoms with Crippen molar-refractivity contribution in [3.05, 3.63) is 11.9 Å². The molecule has 1 aromatic heterocycles. The van der Waals surface area contributed by atoms with Crippen molar-refractivity contribution in [1.29, 1.82) is 0 Å². The molecule has 110 valence electrons. The highest BCUT2D eigenvalue weighted by atomic mass is 16.5. The molecule has 4 heteroatoms. The van der Waals surface area contributed by atoms with Gasteiger partial charge in [0.2, 0.25) is 0 Å². The van der Waals surface area contributed by atoms with Gasteiger partial charge in [-0.1, -0.05) is 44.7 Å². The van der Waals surface area contributed by atoms with Crippen molar-refractivity contribution in [2.24, 2.45) is 0 Å². The van der Waals surface area contributed by atoms with E-state index in [-0.39, 0.29) is 0 Å². The molecule has 1 aromatic rings. The second-order valence-electron chi connectivity index (χ2n) is 5.10. The lowest BCUT2D eigenvalue weighted by Crippen LogP contribution is -2.04. The number of hydrogen-bond acceptors (Lipinski definition) is 3. The van der Waals surface area contributed by atoms with E-state index in [2.05, 4.69) is 30.4 Å². The Labute approximate surface area is 117 Å². The normalized spacial score (nSPS) is 11.1. The fourth-order valence-corrected chi connectivity index (χ4v) is 1.97. The summed E-state index contributed by atoms with van der Waals surface area (Å²) in [5.41, 5.74) is 1.13. The molecule has 0 spiro atoms. The monoisotopic (exact) mass is 267 g/mol. The van der Waals surface area contributed by atoms with E-state index >= 15 is 0 Å². The summed E-state index contributed by atoms with van der Waals surface area (Å²) in [7, 11) is 0. The summed E-state index contributed by atoms with van der Waals surface area (Å²) in [6, 6.07) is 0. The van der Waals surface area contributed by atoms with Crippen LogP contribution in [0, 0.1) is 0 Å². The highest BCUT2D eigenvalue weighted by Gasteiger charge is 2.00. The smallest absolute Gasteiger partial charge is 0.0827 e. The number of nitrogens with zero attached hydrogens (tertiary/aromatic N) is 3. The van der Waals surface area contributed by atoms with Gasteiger partial charge in [-0.05, 0) is 25.7 Å². The summed E-state index contributed by atoms with van der Waals surface area (Å²) in [5.74, 6) is 0. The number of aromatic nitrogens is 3. The largest absolute Gasteiger partial charge is 0.381 e. The molecular formula is C15H29N3O. The predicted octanol–water partition coefficient (Wildman–Crippen LogP) is 3.61. The third kappa shape index (κ3) is 7.98. The highest BCUT2D eigenvalue weighted by Crippen LogP contribution is 2.05. The van der Waals surface area contributed by atoms with Gasteiger partial charge in [-0.15, -0.1) is 5.10 Å². The summed E-state index contributed by atoms with van der Waals surface area (Å²) in [4.78, 5) is 0. The van der Waals surface area contributed by atoms with Crippen LogP contribution < -0.4 is 0 Å². The van der Waals surface area contributed by atoms with Crippen LogP contribution in [0.5, 0.6) is 0 Å². The molecule has 19 heavy (non-hydrogen) atoms. The van der Waals surface area contributed by atoms with Gasteiger partial charge in [0.05, 0.1) is 5.69 Å². The van der Waals surface area contributed by atoms with E-state index in [0.717, 1.165) is 44.7 Å². The van der Waals surface area contributed by atoms with Gasteiger partial charge in [0.25, 0.3) is 0 Å².